The Morgan fingerprint density at radius 2 is 1.78 bits per heavy atom. The molecule has 2 aromatic rings. The minimum absolute atomic E-state index is 0.0430. The number of aromatic amines is 1. The number of benzene rings is 1. The smallest absolute Gasteiger partial charge is 0.326 e. The first kappa shape index (κ1) is 20.0. The van der Waals surface area contributed by atoms with Gasteiger partial charge in [-0.25, -0.2) is 4.79 Å². The van der Waals surface area contributed by atoms with Crippen molar-refractivity contribution >= 4 is 40.9 Å². The Kier molecular flexibility index (Phi) is 4.20. The molecule has 3 fully saturated rings. The number of carboxylic acid groups (broad SMARTS) is 1. The quantitative estimate of drug-likeness (QED) is 0.584. The van der Waals surface area contributed by atoms with E-state index < -0.39 is 23.8 Å². The number of fused-ring (bicyclic) bond motifs is 9. The maximum absolute atomic E-state index is 13.3. The van der Waals surface area contributed by atoms with Crippen molar-refractivity contribution in [1.29, 1.82) is 0 Å². The maximum Gasteiger partial charge on any atom is 0.326 e. The van der Waals surface area contributed by atoms with Gasteiger partial charge in [0, 0.05) is 16.0 Å². The minimum Gasteiger partial charge on any atom is -0.508 e. The van der Waals surface area contributed by atoms with Gasteiger partial charge in [0.05, 0.1) is 16.9 Å². The summed E-state index contributed by atoms with van der Waals surface area (Å²) < 4.78 is 0. The zero-order chi connectivity index (χ0) is 22.5. The Balaban J connectivity index is 1.45. The highest BCUT2D eigenvalue weighted by molar-refractivity contribution is 8.00. The number of carbonyl (C=O) groups excluding carboxylic acids is 2. The zero-order valence-corrected chi connectivity index (χ0v) is 18.6. The number of likely N-dealkylation sites (tertiary alicyclic amines) is 1. The fourth-order valence-corrected chi connectivity index (χ4v) is 9.48. The largest absolute Gasteiger partial charge is 0.508 e. The fourth-order valence-electron chi connectivity index (χ4n) is 6.59. The molecule has 10 heteroatoms. The molecule has 2 aliphatic heterocycles. The predicted molar refractivity (Wildman–Crippen MR) is 116 cm³/mol. The van der Waals surface area contributed by atoms with Crippen molar-refractivity contribution in [3.8, 4) is 5.75 Å². The molecule has 2 aliphatic carbocycles. The van der Waals surface area contributed by atoms with Crippen molar-refractivity contribution in [3.63, 3.8) is 0 Å². The van der Waals surface area contributed by atoms with Crippen LogP contribution in [0.4, 0.5) is 0 Å². The van der Waals surface area contributed by atoms with Crippen LogP contribution in [0.5, 0.6) is 5.75 Å². The van der Waals surface area contributed by atoms with E-state index in [-0.39, 0.29) is 51.4 Å². The van der Waals surface area contributed by atoms with Crippen molar-refractivity contribution in [2.75, 3.05) is 0 Å². The number of amides is 2. The van der Waals surface area contributed by atoms with Crippen molar-refractivity contribution in [2.45, 2.75) is 35.6 Å². The van der Waals surface area contributed by atoms with Crippen molar-refractivity contribution < 1.29 is 24.6 Å². The van der Waals surface area contributed by atoms with Gasteiger partial charge in [-0.3, -0.25) is 19.3 Å². The van der Waals surface area contributed by atoms with E-state index in [0.717, 1.165) is 26.8 Å². The number of phenols is 1. The number of nitrogens with one attached hydrogen (secondary N) is 1. The van der Waals surface area contributed by atoms with Crippen molar-refractivity contribution in [3.05, 3.63) is 44.4 Å². The number of carboxylic acids is 1. The lowest BCUT2D eigenvalue weighted by molar-refractivity contribution is -0.154. The lowest BCUT2D eigenvalue weighted by atomic mass is 9.68. The van der Waals surface area contributed by atoms with Crippen LogP contribution in [0, 0.1) is 29.6 Å². The summed E-state index contributed by atoms with van der Waals surface area (Å²) in [7, 11) is 0. The van der Waals surface area contributed by atoms with E-state index in [9.17, 15) is 29.4 Å². The van der Waals surface area contributed by atoms with E-state index in [2.05, 4.69) is 4.98 Å². The number of H-pyrrole nitrogens is 1. The second-order valence-corrected chi connectivity index (χ2v) is 11.3. The number of aromatic nitrogens is 1. The summed E-state index contributed by atoms with van der Waals surface area (Å²) in [5.41, 5.74) is 0.964. The van der Waals surface area contributed by atoms with Gasteiger partial charge in [0.2, 0.25) is 11.8 Å². The van der Waals surface area contributed by atoms with E-state index in [0.29, 0.717) is 0 Å². The summed E-state index contributed by atoms with van der Waals surface area (Å²) in [6, 6.07) is 5.77. The molecular formula is C22H20N2O6S2. The fraction of sp³-hybridized carbons (Fsp3) is 0.455. The topological polar surface area (TPSA) is 128 Å². The van der Waals surface area contributed by atoms with E-state index in [4.69, 9.17) is 0 Å². The first-order valence-electron chi connectivity index (χ1n) is 10.6. The highest BCUT2D eigenvalue weighted by Crippen LogP contribution is 2.68. The van der Waals surface area contributed by atoms with Gasteiger partial charge in [-0.2, -0.15) is 0 Å². The summed E-state index contributed by atoms with van der Waals surface area (Å²) >= 11 is 2.76. The third-order valence-electron chi connectivity index (χ3n) is 7.75. The zero-order valence-electron chi connectivity index (χ0n) is 16.9. The van der Waals surface area contributed by atoms with Gasteiger partial charge in [0.25, 0.3) is 0 Å². The van der Waals surface area contributed by atoms with E-state index in [1.807, 2.05) is 12.1 Å². The number of thioether (sulfide) groups is 1. The molecule has 2 amide bonds. The van der Waals surface area contributed by atoms with Gasteiger partial charge in [-0.05, 0) is 48.8 Å². The summed E-state index contributed by atoms with van der Waals surface area (Å²) in [6.45, 7) is 1.38. The molecule has 166 valence electrons. The standard InChI is InChI=1S/C22H20N2O6S2/c1-7(21(28)29)24-19(26)14-10-6-11(15(14)20(24)27)16-13(10)12(8-2-4-9(25)5-3-8)17-18(31-16)23-22(30)32-17/h2-5,7,10-16,25H,6H2,1H3,(H,23,30)(H,28,29)/t7-,10-,11-,12+,13-,14+,15-,16+/m1/s1. The normalized spacial score (nSPS) is 35.5. The molecule has 3 N–H and O–H groups in total. The lowest BCUT2D eigenvalue weighted by Gasteiger charge is -2.43. The summed E-state index contributed by atoms with van der Waals surface area (Å²) in [5, 5.41) is 20.1. The van der Waals surface area contributed by atoms with Crippen LogP contribution in [0.1, 0.15) is 29.7 Å². The average molecular weight is 473 g/mol. The lowest BCUT2D eigenvalue weighted by Crippen LogP contribution is -2.44. The Bertz CT molecular complexity index is 1220. The first-order valence-corrected chi connectivity index (χ1v) is 12.3. The van der Waals surface area contributed by atoms with Gasteiger partial charge in [-0.15, -0.1) is 11.8 Å². The van der Waals surface area contributed by atoms with Crippen LogP contribution >= 0.6 is 23.1 Å². The Labute approximate surface area is 190 Å². The summed E-state index contributed by atoms with van der Waals surface area (Å²) in [5.74, 6) is -2.95. The second kappa shape index (κ2) is 6.71. The maximum atomic E-state index is 13.3. The molecule has 32 heavy (non-hydrogen) atoms. The van der Waals surface area contributed by atoms with E-state index in [1.54, 1.807) is 23.9 Å². The predicted octanol–water partition coefficient (Wildman–Crippen LogP) is 2.09. The molecule has 8 nitrogen and oxygen atoms in total. The van der Waals surface area contributed by atoms with Crippen LogP contribution < -0.4 is 4.87 Å². The van der Waals surface area contributed by atoms with Crippen molar-refractivity contribution in [1.82, 2.24) is 9.88 Å². The van der Waals surface area contributed by atoms with Gasteiger partial charge in [-0.1, -0.05) is 23.5 Å². The molecule has 1 aromatic heterocycles. The van der Waals surface area contributed by atoms with Crippen LogP contribution in [0.2, 0.25) is 0 Å². The number of carbonyl (C=O) groups is 3. The molecule has 1 aromatic carbocycles. The molecule has 2 saturated carbocycles. The highest BCUT2D eigenvalue weighted by atomic mass is 32.2. The van der Waals surface area contributed by atoms with E-state index >= 15 is 0 Å². The van der Waals surface area contributed by atoms with Crippen LogP contribution in [0.25, 0.3) is 0 Å². The number of imide groups is 1. The molecule has 1 saturated heterocycles. The number of thiazole rings is 1. The molecule has 2 bridgehead atoms. The number of nitrogens with zero attached hydrogens (tertiary/aromatic N) is 1. The molecule has 3 heterocycles. The van der Waals surface area contributed by atoms with Gasteiger partial charge in [0.15, 0.2) is 0 Å². The number of hydrogen-bond acceptors (Lipinski definition) is 7. The second-order valence-electron chi connectivity index (χ2n) is 9.11. The summed E-state index contributed by atoms with van der Waals surface area (Å²) in [4.78, 5) is 54.9. The first-order chi connectivity index (χ1) is 15.3. The SMILES string of the molecule is C[C@H](C(=O)O)N1C(=O)[C@@H]2[C@H]3C[C@@H]([C@@H]2C1=O)[C@@H]1[C@H](c2ccc(O)cc2)c2sc(=O)[nH]c2S[C@@H]31. The molecule has 6 rings (SSSR count). The number of rotatable bonds is 3. The van der Waals surface area contributed by atoms with Crippen LogP contribution in [0.15, 0.2) is 34.1 Å². The van der Waals surface area contributed by atoms with Gasteiger partial charge < -0.3 is 15.2 Å². The Hall–Kier alpha value is -2.59. The molecule has 0 unspecified atom stereocenters. The van der Waals surface area contributed by atoms with Crippen LogP contribution in [-0.4, -0.2) is 49.2 Å². The van der Waals surface area contributed by atoms with Crippen LogP contribution in [-0.2, 0) is 14.4 Å². The number of phenolic OH excluding ortho intramolecular Hbond substituents is 1. The molecule has 8 atom stereocenters. The monoisotopic (exact) mass is 472 g/mol. The van der Waals surface area contributed by atoms with Gasteiger partial charge in [0.1, 0.15) is 11.8 Å². The van der Waals surface area contributed by atoms with Gasteiger partial charge >= 0.3 is 10.8 Å². The molecule has 0 radical (unpaired) electrons. The summed E-state index contributed by atoms with van der Waals surface area (Å²) in [6.07, 6.45) is 0.748. The minimum atomic E-state index is -1.19. The Morgan fingerprint density at radius 1 is 1.12 bits per heavy atom. The number of aromatic hydroxyl groups is 1. The number of hydrogen-bond donors (Lipinski definition) is 3. The third-order valence-corrected chi connectivity index (χ3v) is 10.3. The highest BCUT2D eigenvalue weighted by Gasteiger charge is 2.70. The van der Waals surface area contributed by atoms with Crippen molar-refractivity contribution in [2.24, 2.45) is 29.6 Å². The average Bonchev–Trinajstić information content (AvgIpc) is 3.47. The number of aliphatic carboxylic acids is 1. The molecule has 4 aliphatic rings. The van der Waals surface area contributed by atoms with Crippen LogP contribution in [0.3, 0.4) is 0 Å². The molecular weight excluding hydrogens is 452 g/mol. The molecule has 0 spiro atoms. The Morgan fingerprint density at radius 3 is 2.44 bits per heavy atom. The third kappa shape index (κ3) is 2.50. The van der Waals surface area contributed by atoms with E-state index in [1.165, 1.54) is 18.3 Å².